The zero-order valence-electron chi connectivity index (χ0n) is 11.3. The number of rotatable bonds is 7. The van der Waals surface area contributed by atoms with Crippen molar-refractivity contribution in [1.82, 2.24) is 10.3 Å². The third kappa shape index (κ3) is 5.19. The van der Waals surface area contributed by atoms with Gasteiger partial charge in [-0.1, -0.05) is 0 Å². The first-order valence-corrected chi connectivity index (χ1v) is 7.63. The van der Waals surface area contributed by atoms with Gasteiger partial charge in [-0.05, 0) is 41.3 Å². The number of ether oxygens (including phenoxy) is 2. The van der Waals surface area contributed by atoms with Crippen molar-refractivity contribution in [2.45, 2.75) is 25.4 Å². The van der Waals surface area contributed by atoms with E-state index in [1.54, 1.807) is 18.5 Å². The summed E-state index contributed by atoms with van der Waals surface area (Å²) in [6, 6.07) is 1.75. The summed E-state index contributed by atoms with van der Waals surface area (Å²) in [6.45, 7) is 2.74. The summed E-state index contributed by atoms with van der Waals surface area (Å²) < 4.78 is 11.8. The minimum Gasteiger partial charge on any atom is -0.379 e. The molecule has 5 nitrogen and oxygen atoms in total. The Labute approximate surface area is 127 Å². The van der Waals surface area contributed by atoms with Crippen molar-refractivity contribution in [3.05, 3.63) is 28.5 Å². The molecular weight excluding hydrogens is 324 g/mol. The summed E-state index contributed by atoms with van der Waals surface area (Å²) in [5, 5.41) is 2.84. The second-order valence-electron chi connectivity index (χ2n) is 4.71. The fourth-order valence-corrected chi connectivity index (χ4v) is 2.37. The summed E-state index contributed by atoms with van der Waals surface area (Å²) in [4.78, 5) is 15.8. The molecule has 1 aromatic heterocycles. The van der Waals surface area contributed by atoms with E-state index in [2.05, 4.69) is 26.2 Å². The van der Waals surface area contributed by atoms with Crippen LogP contribution in [0, 0.1) is 0 Å². The number of hydrogen-bond donors (Lipinski definition) is 1. The van der Waals surface area contributed by atoms with Gasteiger partial charge in [0.1, 0.15) is 0 Å². The molecule has 2 heterocycles. The molecule has 0 bridgehead atoms. The lowest BCUT2D eigenvalue weighted by atomic mass is 10.2. The molecule has 20 heavy (non-hydrogen) atoms. The number of amides is 1. The van der Waals surface area contributed by atoms with Crippen LogP contribution in [0.1, 0.15) is 29.6 Å². The molecule has 1 atom stereocenters. The van der Waals surface area contributed by atoms with Gasteiger partial charge in [0.05, 0.1) is 18.3 Å². The van der Waals surface area contributed by atoms with Crippen LogP contribution in [0.3, 0.4) is 0 Å². The van der Waals surface area contributed by atoms with Crippen molar-refractivity contribution in [1.29, 1.82) is 0 Å². The first-order chi connectivity index (χ1) is 9.75. The van der Waals surface area contributed by atoms with E-state index in [9.17, 15) is 4.79 Å². The molecule has 110 valence electrons. The van der Waals surface area contributed by atoms with Crippen LogP contribution >= 0.6 is 15.9 Å². The van der Waals surface area contributed by atoms with Gasteiger partial charge in [0.25, 0.3) is 5.91 Å². The normalized spacial score (nSPS) is 18.1. The Morgan fingerprint density at radius 2 is 2.45 bits per heavy atom. The largest absolute Gasteiger partial charge is 0.379 e. The number of pyridine rings is 1. The number of carbonyl (C=O) groups excluding carboxylic acids is 1. The fraction of sp³-hybridized carbons (Fsp3) is 0.571. The lowest BCUT2D eigenvalue weighted by Crippen LogP contribution is -2.25. The van der Waals surface area contributed by atoms with Crippen LogP contribution in [0.5, 0.6) is 0 Å². The lowest BCUT2D eigenvalue weighted by Gasteiger charge is -2.10. The van der Waals surface area contributed by atoms with Gasteiger partial charge in [-0.15, -0.1) is 0 Å². The van der Waals surface area contributed by atoms with Crippen molar-refractivity contribution >= 4 is 21.8 Å². The number of halogens is 1. The zero-order valence-corrected chi connectivity index (χ0v) is 12.9. The van der Waals surface area contributed by atoms with Gasteiger partial charge in [0.15, 0.2) is 0 Å². The number of hydrogen-bond acceptors (Lipinski definition) is 4. The number of carbonyl (C=O) groups is 1. The molecule has 1 aliphatic heterocycles. The van der Waals surface area contributed by atoms with Crippen LogP contribution in [-0.4, -0.2) is 43.4 Å². The summed E-state index contributed by atoms with van der Waals surface area (Å²) in [7, 11) is 0. The molecule has 0 spiro atoms. The van der Waals surface area contributed by atoms with E-state index in [1.165, 1.54) is 0 Å². The van der Waals surface area contributed by atoms with Gasteiger partial charge in [-0.3, -0.25) is 9.78 Å². The number of aromatic nitrogens is 1. The molecule has 2 rings (SSSR count). The highest BCUT2D eigenvalue weighted by Gasteiger charge is 2.14. The molecule has 6 heteroatoms. The fourth-order valence-electron chi connectivity index (χ4n) is 2.00. The maximum absolute atomic E-state index is 11.8. The smallest absolute Gasteiger partial charge is 0.252 e. The predicted molar refractivity (Wildman–Crippen MR) is 78.7 cm³/mol. The van der Waals surface area contributed by atoms with Crippen LogP contribution in [0.25, 0.3) is 0 Å². The van der Waals surface area contributed by atoms with Crippen LogP contribution < -0.4 is 5.32 Å². The van der Waals surface area contributed by atoms with Gasteiger partial charge in [0.2, 0.25) is 0 Å². The average Bonchev–Trinajstić information content (AvgIpc) is 2.95. The second-order valence-corrected chi connectivity index (χ2v) is 5.63. The molecule has 1 aliphatic rings. The standard InChI is InChI=1S/C14H19BrN2O3/c15-12-7-11(8-16-9-12)14(18)17-4-2-5-19-10-13-3-1-6-20-13/h7-9,13H,1-6,10H2,(H,17,18). The Balaban J connectivity index is 1.55. The maximum atomic E-state index is 11.8. The molecular formula is C14H19BrN2O3. The highest BCUT2D eigenvalue weighted by Crippen LogP contribution is 2.12. The molecule has 1 N–H and O–H groups in total. The van der Waals surface area contributed by atoms with Crippen LogP contribution in [0.2, 0.25) is 0 Å². The minimum absolute atomic E-state index is 0.113. The number of nitrogens with one attached hydrogen (secondary N) is 1. The third-order valence-corrected chi connectivity index (χ3v) is 3.48. The quantitative estimate of drug-likeness (QED) is 0.771. The van der Waals surface area contributed by atoms with Gasteiger partial charge < -0.3 is 14.8 Å². The summed E-state index contributed by atoms with van der Waals surface area (Å²) in [6.07, 6.45) is 6.47. The van der Waals surface area contributed by atoms with Gasteiger partial charge in [0, 0.05) is 36.6 Å². The highest BCUT2D eigenvalue weighted by molar-refractivity contribution is 9.10. The van der Waals surface area contributed by atoms with Crippen LogP contribution in [0.15, 0.2) is 22.9 Å². The van der Waals surface area contributed by atoms with Crippen molar-refractivity contribution in [3.8, 4) is 0 Å². The van der Waals surface area contributed by atoms with Crippen molar-refractivity contribution < 1.29 is 14.3 Å². The maximum Gasteiger partial charge on any atom is 0.252 e. The average molecular weight is 343 g/mol. The van der Waals surface area contributed by atoms with Crippen LogP contribution in [-0.2, 0) is 9.47 Å². The Bertz CT molecular complexity index is 436. The van der Waals surface area contributed by atoms with E-state index < -0.39 is 0 Å². The van der Waals surface area contributed by atoms with Crippen LogP contribution in [0.4, 0.5) is 0 Å². The first kappa shape index (κ1) is 15.4. The Hall–Kier alpha value is -0.980. The third-order valence-electron chi connectivity index (χ3n) is 3.05. The summed E-state index contributed by atoms with van der Waals surface area (Å²) in [5.41, 5.74) is 0.555. The molecule has 0 aromatic carbocycles. The SMILES string of the molecule is O=C(NCCCOCC1CCCO1)c1cncc(Br)c1. The van der Waals surface area contributed by atoms with Crippen molar-refractivity contribution in [2.75, 3.05) is 26.4 Å². The van der Waals surface area contributed by atoms with Crippen molar-refractivity contribution in [3.63, 3.8) is 0 Å². The van der Waals surface area contributed by atoms with E-state index in [-0.39, 0.29) is 12.0 Å². The first-order valence-electron chi connectivity index (χ1n) is 6.84. The predicted octanol–water partition coefficient (Wildman–Crippen LogP) is 2.16. The topological polar surface area (TPSA) is 60.5 Å². The Kier molecular flexibility index (Phi) is 6.42. The van der Waals surface area contributed by atoms with Gasteiger partial charge in [-0.25, -0.2) is 0 Å². The lowest BCUT2D eigenvalue weighted by molar-refractivity contribution is 0.0166. The van der Waals surface area contributed by atoms with E-state index in [0.717, 1.165) is 30.3 Å². The number of nitrogens with zero attached hydrogens (tertiary/aromatic N) is 1. The molecule has 0 aliphatic carbocycles. The Morgan fingerprint density at radius 1 is 1.55 bits per heavy atom. The zero-order chi connectivity index (χ0) is 14.2. The summed E-state index contributed by atoms with van der Waals surface area (Å²) in [5.74, 6) is -0.113. The van der Waals surface area contributed by atoms with Crippen molar-refractivity contribution in [2.24, 2.45) is 0 Å². The van der Waals surface area contributed by atoms with E-state index in [0.29, 0.717) is 25.3 Å². The molecule has 1 saturated heterocycles. The second kappa shape index (κ2) is 8.34. The van der Waals surface area contributed by atoms with Gasteiger partial charge >= 0.3 is 0 Å². The summed E-state index contributed by atoms with van der Waals surface area (Å²) >= 11 is 3.29. The molecule has 1 aromatic rings. The minimum atomic E-state index is -0.113. The monoisotopic (exact) mass is 342 g/mol. The van der Waals surface area contributed by atoms with E-state index >= 15 is 0 Å². The van der Waals surface area contributed by atoms with E-state index in [1.807, 2.05) is 0 Å². The Morgan fingerprint density at radius 3 is 3.20 bits per heavy atom. The van der Waals surface area contributed by atoms with Gasteiger partial charge in [-0.2, -0.15) is 0 Å². The molecule has 1 amide bonds. The molecule has 1 fully saturated rings. The molecule has 0 saturated carbocycles. The molecule has 1 unspecified atom stereocenters. The highest BCUT2D eigenvalue weighted by atomic mass is 79.9. The van der Waals surface area contributed by atoms with E-state index in [4.69, 9.17) is 9.47 Å². The molecule has 0 radical (unpaired) electrons.